The van der Waals surface area contributed by atoms with Gasteiger partial charge in [-0.05, 0) is 50.7 Å². The van der Waals surface area contributed by atoms with Crippen molar-refractivity contribution in [3.05, 3.63) is 0 Å². The quantitative estimate of drug-likeness (QED) is 0.667. The average molecular weight is 197 g/mol. The fourth-order valence-electron chi connectivity index (χ4n) is 2.18. The normalized spacial score (nSPS) is 22.9. The smallest absolute Gasteiger partial charge is 0.00191 e. The van der Waals surface area contributed by atoms with Gasteiger partial charge in [-0.2, -0.15) is 0 Å². The van der Waals surface area contributed by atoms with Crippen LogP contribution in [0.15, 0.2) is 0 Å². The summed E-state index contributed by atoms with van der Waals surface area (Å²) in [5.41, 5.74) is 0. The van der Waals surface area contributed by atoms with Crippen LogP contribution in [0.4, 0.5) is 0 Å². The molecule has 0 amide bonds. The lowest BCUT2D eigenvalue weighted by Crippen LogP contribution is -2.30. The topological polar surface area (TPSA) is 3.24 Å². The second kappa shape index (κ2) is 5.75. The summed E-state index contributed by atoms with van der Waals surface area (Å²) >= 11 is 0. The molecule has 0 aromatic carbocycles. The lowest BCUT2D eigenvalue weighted by Gasteiger charge is -2.29. The summed E-state index contributed by atoms with van der Waals surface area (Å²) < 4.78 is 0. The van der Waals surface area contributed by atoms with Gasteiger partial charge in [-0.1, -0.05) is 33.6 Å². The van der Waals surface area contributed by atoms with Gasteiger partial charge in [0.25, 0.3) is 0 Å². The standard InChI is InChI=1S/C13H27N/c1-11(2)12(3)5-6-13-7-9-14(4)10-8-13/h11-13H,5-10H2,1-4H3. The molecule has 1 saturated heterocycles. The van der Waals surface area contributed by atoms with E-state index in [-0.39, 0.29) is 0 Å². The van der Waals surface area contributed by atoms with Crippen molar-refractivity contribution in [2.45, 2.75) is 46.5 Å². The molecule has 1 aliphatic rings. The Morgan fingerprint density at radius 1 is 1.14 bits per heavy atom. The lowest BCUT2D eigenvalue weighted by molar-refractivity contribution is 0.201. The summed E-state index contributed by atoms with van der Waals surface area (Å²) in [6, 6.07) is 0. The van der Waals surface area contributed by atoms with Crippen molar-refractivity contribution < 1.29 is 0 Å². The molecule has 0 N–H and O–H groups in total. The second-order valence-corrected chi connectivity index (χ2v) is 5.55. The van der Waals surface area contributed by atoms with Gasteiger partial charge in [-0.15, -0.1) is 0 Å². The van der Waals surface area contributed by atoms with Crippen LogP contribution >= 0.6 is 0 Å². The zero-order chi connectivity index (χ0) is 10.6. The van der Waals surface area contributed by atoms with Gasteiger partial charge in [0.15, 0.2) is 0 Å². The van der Waals surface area contributed by atoms with E-state index in [1.807, 2.05) is 0 Å². The van der Waals surface area contributed by atoms with Gasteiger partial charge in [0.05, 0.1) is 0 Å². The number of piperidine rings is 1. The number of nitrogens with zero attached hydrogens (tertiary/aromatic N) is 1. The molecule has 0 aromatic rings. The van der Waals surface area contributed by atoms with Gasteiger partial charge in [-0.25, -0.2) is 0 Å². The minimum absolute atomic E-state index is 0.862. The van der Waals surface area contributed by atoms with Gasteiger partial charge < -0.3 is 4.90 Å². The van der Waals surface area contributed by atoms with E-state index in [4.69, 9.17) is 0 Å². The van der Waals surface area contributed by atoms with Crippen molar-refractivity contribution in [1.29, 1.82) is 0 Å². The fourth-order valence-corrected chi connectivity index (χ4v) is 2.18. The summed E-state index contributed by atoms with van der Waals surface area (Å²) in [6.07, 6.45) is 5.77. The highest BCUT2D eigenvalue weighted by Crippen LogP contribution is 2.25. The zero-order valence-electron chi connectivity index (χ0n) is 10.4. The van der Waals surface area contributed by atoms with Crippen LogP contribution in [0, 0.1) is 17.8 Å². The minimum atomic E-state index is 0.862. The highest BCUT2D eigenvalue weighted by Gasteiger charge is 2.17. The SMILES string of the molecule is CC(C)C(C)CCC1CCN(C)CC1. The molecule has 0 radical (unpaired) electrons. The molecule has 1 nitrogen and oxygen atoms in total. The summed E-state index contributed by atoms with van der Waals surface area (Å²) in [7, 11) is 2.24. The molecule has 1 rings (SSSR count). The van der Waals surface area contributed by atoms with Crippen LogP contribution in [0.2, 0.25) is 0 Å². The Kier molecular flexibility index (Phi) is 4.94. The van der Waals surface area contributed by atoms with Gasteiger partial charge in [-0.3, -0.25) is 0 Å². The molecule has 0 aromatic heterocycles. The van der Waals surface area contributed by atoms with E-state index in [0.29, 0.717) is 0 Å². The molecule has 0 spiro atoms. The molecule has 0 bridgehead atoms. The fraction of sp³-hybridized carbons (Fsp3) is 1.00. The summed E-state index contributed by atoms with van der Waals surface area (Å²) in [5, 5.41) is 0. The molecule has 1 unspecified atom stereocenters. The first kappa shape index (κ1) is 12.0. The average Bonchev–Trinajstić information content (AvgIpc) is 2.16. The molecule has 1 aliphatic heterocycles. The highest BCUT2D eigenvalue weighted by atomic mass is 15.1. The van der Waals surface area contributed by atoms with Gasteiger partial charge in [0.2, 0.25) is 0 Å². The summed E-state index contributed by atoms with van der Waals surface area (Å²) in [5.74, 6) is 2.79. The van der Waals surface area contributed by atoms with Crippen LogP contribution in [0.1, 0.15) is 46.5 Å². The Bertz CT molecular complexity index is 145. The van der Waals surface area contributed by atoms with E-state index in [1.165, 1.54) is 38.8 Å². The number of hydrogen-bond donors (Lipinski definition) is 0. The molecule has 1 heterocycles. The Morgan fingerprint density at radius 2 is 1.71 bits per heavy atom. The van der Waals surface area contributed by atoms with Crippen molar-refractivity contribution in [2.75, 3.05) is 20.1 Å². The third-order valence-corrected chi connectivity index (χ3v) is 4.01. The number of rotatable bonds is 4. The van der Waals surface area contributed by atoms with Crippen molar-refractivity contribution >= 4 is 0 Å². The van der Waals surface area contributed by atoms with Crippen LogP contribution in [-0.4, -0.2) is 25.0 Å². The first-order valence-electron chi connectivity index (χ1n) is 6.28. The van der Waals surface area contributed by atoms with Crippen LogP contribution in [0.25, 0.3) is 0 Å². The van der Waals surface area contributed by atoms with E-state index in [9.17, 15) is 0 Å². The first-order valence-corrected chi connectivity index (χ1v) is 6.28. The van der Waals surface area contributed by atoms with Gasteiger partial charge in [0.1, 0.15) is 0 Å². The predicted molar refractivity (Wildman–Crippen MR) is 63.5 cm³/mol. The monoisotopic (exact) mass is 197 g/mol. The van der Waals surface area contributed by atoms with Crippen LogP contribution in [0.3, 0.4) is 0 Å². The second-order valence-electron chi connectivity index (χ2n) is 5.55. The molecular formula is C13H27N. The van der Waals surface area contributed by atoms with Gasteiger partial charge in [0, 0.05) is 0 Å². The molecule has 14 heavy (non-hydrogen) atoms. The van der Waals surface area contributed by atoms with E-state index in [2.05, 4.69) is 32.7 Å². The maximum absolute atomic E-state index is 2.46. The summed E-state index contributed by atoms with van der Waals surface area (Å²) in [4.78, 5) is 2.46. The van der Waals surface area contributed by atoms with E-state index < -0.39 is 0 Å². The third kappa shape index (κ3) is 4.00. The number of hydrogen-bond acceptors (Lipinski definition) is 1. The van der Waals surface area contributed by atoms with Gasteiger partial charge >= 0.3 is 0 Å². The maximum atomic E-state index is 2.46. The van der Waals surface area contributed by atoms with Crippen molar-refractivity contribution in [3.63, 3.8) is 0 Å². The van der Waals surface area contributed by atoms with E-state index in [1.54, 1.807) is 0 Å². The Labute approximate surface area is 89.9 Å². The third-order valence-electron chi connectivity index (χ3n) is 4.01. The molecule has 1 fully saturated rings. The van der Waals surface area contributed by atoms with Crippen molar-refractivity contribution in [1.82, 2.24) is 4.90 Å². The highest BCUT2D eigenvalue weighted by molar-refractivity contribution is 4.71. The molecule has 1 atom stereocenters. The molecular weight excluding hydrogens is 170 g/mol. The van der Waals surface area contributed by atoms with Crippen LogP contribution < -0.4 is 0 Å². The largest absolute Gasteiger partial charge is 0.306 e. The Morgan fingerprint density at radius 3 is 2.21 bits per heavy atom. The molecule has 0 saturated carbocycles. The van der Waals surface area contributed by atoms with Crippen LogP contribution in [-0.2, 0) is 0 Å². The molecule has 1 heteroatoms. The number of likely N-dealkylation sites (tertiary alicyclic amines) is 1. The van der Waals surface area contributed by atoms with E-state index in [0.717, 1.165) is 17.8 Å². The van der Waals surface area contributed by atoms with E-state index >= 15 is 0 Å². The summed E-state index contributed by atoms with van der Waals surface area (Å²) in [6.45, 7) is 9.74. The Hall–Kier alpha value is -0.0400. The van der Waals surface area contributed by atoms with Crippen molar-refractivity contribution in [3.8, 4) is 0 Å². The molecule has 84 valence electrons. The minimum Gasteiger partial charge on any atom is -0.306 e. The van der Waals surface area contributed by atoms with Crippen LogP contribution in [0.5, 0.6) is 0 Å². The maximum Gasteiger partial charge on any atom is -0.00191 e. The molecule has 0 aliphatic carbocycles. The Balaban J connectivity index is 2.13. The lowest BCUT2D eigenvalue weighted by atomic mass is 9.86. The first-order chi connectivity index (χ1) is 6.59. The predicted octanol–water partition coefficient (Wildman–Crippen LogP) is 3.40. The van der Waals surface area contributed by atoms with Crippen molar-refractivity contribution in [2.24, 2.45) is 17.8 Å². The zero-order valence-corrected chi connectivity index (χ0v) is 10.4.